The molecule has 0 aliphatic carbocycles. The molecule has 0 aliphatic rings. The summed E-state index contributed by atoms with van der Waals surface area (Å²) in [6, 6.07) is 8.73. The lowest BCUT2D eigenvalue weighted by Crippen LogP contribution is -2.49. The first-order valence-corrected chi connectivity index (χ1v) is 9.10. The second kappa shape index (κ2) is 10.00. The fraction of sp³-hybridized carbons (Fsp3) is 0.524. The van der Waals surface area contributed by atoms with Crippen LogP contribution in [0.3, 0.4) is 0 Å². The van der Waals surface area contributed by atoms with E-state index in [1.54, 1.807) is 20.8 Å². The van der Waals surface area contributed by atoms with Gasteiger partial charge in [-0.25, -0.2) is 9.59 Å². The Morgan fingerprint density at radius 3 is 2.19 bits per heavy atom. The predicted octanol–water partition coefficient (Wildman–Crippen LogP) is 3.42. The Hall–Kier alpha value is -2.50. The van der Waals surface area contributed by atoms with E-state index in [9.17, 15) is 9.59 Å². The maximum atomic E-state index is 12.3. The summed E-state index contributed by atoms with van der Waals surface area (Å²) in [4.78, 5) is 24.3. The summed E-state index contributed by atoms with van der Waals surface area (Å²) in [6.45, 7) is 13.3. The van der Waals surface area contributed by atoms with Crippen molar-refractivity contribution in [1.29, 1.82) is 0 Å². The van der Waals surface area contributed by atoms with E-state index in [0.29, 0.717) is 12.1 Å². The van der Waals surface area contributed by atoms with Crippen LogP contribution in [0.5, 0.6) is 0 Å². The first-order valence-electron chi connectivity index (χ1n) is 9.10. The first kappa shape index (κ1) is 22.5. The average Bonchev–Trinajstić information content (AvgIpc) is 2.57. The fourth-order valence-corrected chi connectivity index (χ4v) is 2.49. The lowest BCUT2D eigenvalue weighted by atomic mass is 10.0. The molecule has 0 fully saturated rings. The molecule has 1 amide bonds. The van der Waals surface area contributed by atoms with Crippen LogP contribution in [0.2, 0.25) is 0 Å². The van der Waals surface area contributed by atoms with Crippen LogP contribution in [0.4, 0.5) is 4.79 Å². The van der Waals surface area contributed by atoms with E-state index in [4.69, 9.17) is 9.47 Å². The van der Waals surface area contributed by atoms with Gasteiger partial charge in [0, 0.05) is 5.70 Å². The van der Waals surface area contributed by atoms with Crippen molar-refractivity contribution < 1.29 is 19.1 Å². The third kappa shape index (κ3) is 8.15. The molecule has 0 aromatic heterocycles. The first-order chi connectivity index (χ1) is 12.5. The van der Waals surface area contributed by atoms with Crippen LogP contribution in [0, 0.1) is 5.92 Å². The molecule has 1 aromatic carbocycles. The SMILES string of the molecule is C=C(N[C@H](C(=O)OC)C(C)C)[C@H](Cc1ccccc1)NC(=O)OC(C)(C)C. The van der Waals surface area contributed by atoms with E-state index in [0.717, 1.165) is 5.56 Å². The van der Waals surface area contributed by atoms with E-state index in [1.807, 2.05) is 44.2 Å². The molecule has 150 valence electrons. The van der Waals surface area contributed by atoms with Gasteiger partial charge in [0.2, 0.25) is 0 Å². The minimum Gasteiger partial charge on any atom is -0.467 e. The Balaban J connectivity index is 2.95. The second-order valence-corrected chi connectivity index (χ2v) is 7.80. The Morgan fingerprint density at radius 1 is 1.11 bits per heavy atom. The molecule has 27 heavy (non-hydrogen) atoms. The van der Waals surface area contributed by atoms with Crippen molar-refractivity contribution in [2.45, 2.75) is 58.7 Å². The van der Waals surface area contributed by atoms with E-state index in [1.165, 1.54) is 7.11 Å². The quantitative estimate of drug-likeness (QED) is 0.680. The zero-order valence-corrected chi connectivity index (χ0v) is 17.2. The van der Waals surface area contributed by atoms with Crippen molar-refractivity contribution in [1.82, 2.24) is 10.6 Å². The third-order valence-corrected chi connectivity index (χ3v) is 3.86. The van der Waals surface area contributed by atoms with E-state index in [-0.39, 0.29) is 11.9 Å². The van der Waals surface area contributed by atoms with Crippen molar-refractivity contribution >= 4 is 12.1 Å². The number of alkyl carbamates (subject to hydrolysis) is 1. The van der Waals surface area contributed by atoms with Gasteiger partial charge in [0.15, 0.2) is 0 Å². The largest absolute Gasteiger partial charge is 0.467 e. The molecule has 2 N–H and O–H groups in total. The zero-order chi connectivity index (χ0) is 20.6. The molecule has 6 nitrogen and oxygen atoms in total. The van der Waals surface area contributed by atoms with Crippen LogP contribution >= 0.6 is 0 Å². The van der Waals surface area contributed by atoms with Crippen LogP contribution in [0.1, 0.15) is 40.2 Å². The van der Waals surface area contributed by atoms with Crippen molar-refractivity contribution in [3.8, 4) is 0 Å². The molecule has 0 bridgehead atoms. The van der Waals surface area contributed by atoms with Gasteiger partial charge in [-0.1, -0.05) is 50.8 Å². The Kier molecular flexibility index (Phi) is 8.34. The fourth-order valence-electron chi connectivity index (χ4n) is 2.49. The van der Waals surface area contributed by atoms with Crippen LogP contribution in [0.15, 0.2) is 42.6 Å². The summed E-state index contributed by atoms with van der Waals surface area (Å²) in [6.07, 6.45) is -0.0247. The van der Waals surface area contributed by atoms with Gasteiger partial charge in [-0.05, 0) is 38.7 Å². The van der Waals surface area contributed by atoms with Gasteiger partial charge in [-0.15, -0.1) is 0 Å². The highest BCUT2D eigenvalue weighted by Crippen LogP contribution is 2.13. The molecule has 0 heterocycles. The molecular weight excluding hydrogens is 344 g/mol. The number of nitrogens with one attached hydrogen (secondary N) is 2. The molecule has 0 unspecified atom stereocenters. The van der Waals surface area contributed by atoms with E-state index in [2.05, 4.69) is 17.2 Å². The number of amides is 1. The smallest absolute Gasteiger partial charge is 0.408 e. The van der Waals surface area contributed by atoms with Gasteiger partial charge < -0.3 is 20.1 Å². The Bertz CT molecular complexity index is 635. The van der Waals surface area contributed by atoms with Crippen LogP contribution in [-0.4, -0.2) is 36.9 Å². The van der Waals surface area contributed by atoms with Gasteiger partial charge >= 0.3 is 12.1 Å². The summed E-state index contributed by atoms with van der Waals surface area (Å²) >= 11 is 0. The number of hydrogen-bond acceptors (Lipinski definition) is 5. The molecule has 0 saturated carbocycles. The molecule has 6 heteroatoms. The molecule has 0 spiro atoms. The van der Waals surface area contributed by atoms with Gasteiger partial charge in [-0.2, -0.15) is 0 Å². The van der Waals surface area contributed by atoms with Gasteiger partial charge in [0.1, 0.15) is 11.6 Å². The van der Waals surface area contributed by atoms with Gasteiger partial charge in [0.25, 0.3) is 0 Å². The maximum absolute atomic E-state index is 12.3. The Morgan fingerprint density at radius 2 is 1.70 bits per heavy atom. The number of methoxy groups -OCH3 is 1. The highest BCUT2D eigenvalue weighted by atomic mass is 16.6. The molecule has 1 aromatic rings. The molecular formula is C21H32N2O4. The number of carbonyl (C=O) groups is 2. The lowest BCUT2D eigenvalue weighted by molar-refractivity contribution is -0.144. The number of rotatable bonds is 8. The van der Waals surface area contributed by atoms with Crippen LogP contribution in [0.25, 0.3) is 0 Å². The third-order valence-electron chi connectivity index (χ3n) is 3.86. The number of hydrogen-bond donors (Lipinski definition) is 2. The zero-order valence-electron chi connectivity index (χ0n) is 17.2. The van der Waals surface area contributed by atoms with E-state index < -0.39 is 23.8 Å². The summed E-state index contributed by atoms with van der Waals surface area (Å²) < 4.78 is 10.2. The minimum absolute atomic E-state index is 0.00639. The summed E-state index contributed by atoms with van der Waals surface area (Å²) in [5.74, 6) is -0.380. The minimum atomic E-state index is -0.609. The topological polar surface area (TPSA) is 76.7 Å². The van der Waals surface area contributed by atoms with Crippen LogP contribution < -0.4 is 10.6 Å². The number of benzene rings is 1. The molecule has 1 rings (SSSR count). The predicted molar refractivity (Wildman–Crippen MR) is 106 cm³/mol. The molecule has 2 atom stereocenters. The van der Waals surface area contributed by atoms with Gasteiger partial charge in [0.05, 0.1) is 13.2 Å². The molecule has 0 radical (unpaired) electrons. The number of carbonyl (C=O) groups excluding carboxylic acids is 2. The highest BCUT2D eigenvalue weighted by Gasteiger charge is 2.27. The van der Waals surface area contributed by atoms with E-state index >= 15 is 0 Å². The number of esters is 1. The second-order valence-electron chi connectivity index (χ2n) is 7.80. The summed E-state index contributed by atoms with van der Waals surface area (Å²) in [5, 5.41) is 5.96. The van der Waals surface area contributed by atoms with Crippen LogP contribution in [-0.2, 0) is 20.7 Å². The average molecular weight is 376 g/mol. The van der Waals surface area contributed by atoms with Gasteiger partial charge in [-0.3, -0.25) is 0 Å². The lowest BCUT2D eigenvalue weighted by Gasteiger charge is -2.28. The van der Waals surface area contributed by atoms with Crippen molar-refractivity contribution in [2.75, 3.05) is 7.11 Å². The maximum Gasteiger partial charge on any atom is 0.408 e. The molecule has 0 aliphatic heterocycles. The summed E-state index contributed by atoms with van der Waals surface area (Å²) in [5.41, 5.74) is 0.942. The number of ether oxygens (including phenoxy) is 2. The highest BCUT2D eigenvalue weighted by molar-refractivity contribution is 5.76. The normalized spacial score (nSPS) is 13.4. The molecule has 0 saturated heterocycles. The summed E-state index contributed by atoms with van der Waals surface area (Å²) in [7, 11) is 1.35. The monoisotopic (exact) mass is 376 g/mol. The van der Waals surface area contributed by atoms with Crippen molar-refractivity contribution in [3.05, 3.63) is 48.2 Å². The van der Waals surface area contributed by atoms with Crippen molar-refractivity contribution in [2.24, 2.45) is 5.92 Å². The Labute approximate surface area is 162 Å². The standard InChI is InChI=1S/C21H32N2O4/c1-14(2)18(19(24)26-7)22-15(3)17(13-16-11-9-8-10-12-16)23-20(25)27-21(4,5)6/h8-12,14,17-18,22H,3,13H2,1-2,4-7H3,(H,23,25)/t17-,18-/m0/s1. The van der Waals surface area contributed by atoms with Crippen molar-refractivity contribution in [3.63, 3.8) is 0 Å².